The van der Waals surface area contributed by atoms with E-state index in [-0.39, 0.29) is 10.6 Å². The lowest BCUT2D eigenvalue weighted by molar-refractivity contribution is 0.402. The van der Waals surface area contributed by atoms with Crippen molar-refractivity contribution in [3.05, 3.63) is 21.1 Å². The van der Waals surface area contributed by atoms with E-state index < -0.39 is 9.05 Å². The molecular formula is C7H5Br2ClO3S. The highest BCUT2D eigenvalue weighted by Crippen LogP contribution is 2.35. The predicted molar refractivity (Wildman–Crippen MR) is 61.4 cm³/mol. The van der Waals surface area contributed by atoms with Crippen molar-refractivity contribution in [2.24, 2.45) is 0 Å². The zero-order valence-electron chi connectivity index (χ0n) is 6.92. The molecule has 14 heavy (non-hydrogen) atoms. The molecule has 7 heteroatoms. The third-order valence-electron chi connectivity index (χ3n) is 1.47. The topological polar surface area (TPSA) is 43.4 Å². The van der Waals surface area contributed by atoms with E-state index in [9.17, 15) is 8.42 Å². The van der Waals surface area contributed by atoms with E-state index in [1.165, 1.54) is 19.2 Å². The molecule has 78 valence electrons. The van der Waals surface area contributed by atoms with E-state index in [1.54, 1.807) is 0 Å². The summed E-state index contributed by atoms with van der Waals surface area (Å²) in [7, 11) is 2.81. The highest BCUT2D eigenvalue weighted by molar-refractivity contribution is 9.13. The Morgan fingerprint density at radius 3 is 2.21 bits per heavy atom. The third kappa shape index (κ3) is 2.62. The number of benzene rings is 1. The van der Waals surface area contributed by atoms with Crippen molar-refractivity contribution in [1.29, 1.82) is 0 Å². The zero-order chi connectivity index (χ0) is 10.9. The van der Waals surface area contributed by atoms with Crippen molar-refractivity contribution >= 4 is 51.6 Å². The van der Waals surface area contributed by atoms with Gasteiger partial charge in [-0.05, 0) is 44.0 Å². The molecule has 0 bridgehead atoms. The second kappa shape index (κ2) is 4.38. The number of ether oxygens (including phenoxy) is 1. The molecule has 0 aliphatic heterocycles. The molecule has 1 aromatic rings. The maximum Gasteiger partial charge on any atom is 0.265 e. The fourth-order valence-corrected chi connectivity index (χ4v) is 2.68. The summed E-state index contributed by atoms with van der Waals surface area (Å²) in [5.41, 5.74) is 0. The van der Waals surface area contributed by atoms with Crippen LogP contribution in [0.15, 0.2) is 26.0 Å². The maximum absolute atomic E-state index is 11.1. The molecular weight excluding hydrogens is 359 g/mol. The Kier molecular flexibility index (Phi) is 3.85. The Morgan fingerprint density at radius 2 is 1.79 bits per heavy atom. The normalized spacial score (nSPS) is 11.4. The molecule has 0 saturated carbocycles. The first-order valence-electron chi connectivity index (χ1n) is 3.34. The summed E-state index contributed by atoms with van der Waals surface area (Å²) in [6.45, 7) is 0. The fraction of sp³-hybridized carbons (Fsp3) is 0.143. The number of hydrogen-bond donors (Lipinski definition) is 0. The van der Waals surface area contributed by atoms with Gasteiger partial charge < -0.3 is 4.74 Å². The fourth-order valence-electron chi connectivity index (χ4n) is 0.860. The van der Waals surface area contributed by atoms with Gasteiger partial charge in [0.05, 0.1) is 7.11 Å². The van der Waals surface area contributed by atoms with Gasteiger partial charge in [0.25, 0.3) is 9.05 Å². The molecule has 0 radical (unpaired) electrons. The Labute approximate surface area is 103 Å². The molecule has 0 unspecified atom stereocenters. The van der Waals surface area contributed by atoms with Gasteiger partial charge >= 0.3 is 0 Å². The van der Waals surface area contributed by atoms with E-state index in [2.05, 4.69) is 31.9 Å². The lowest BCUT2D eigenvalue weighted by Gasteiger charge is -2.07. The van der Waals surface area contributed by atoms with E-state index in [1.807, 2.05) is 0 Å². The van der Waals surface area contributed by atoms with Gasteiger partial charge in [-0.2, -0.15) is 0 Å². The van der Waals surface area contributed by atoms with Crippen LogP contribution in [0.1, 0.15) is 0 Å². The Balaban J connectivity index is 3.51. The van der Waals surface area contributed by atoms with Gasteiger partial charge in [-0.1, -0.05) is 0 Å². The molecule has 0 atom stereocenters. The molecule has 0 aliphatic rings. The van der Waals surface area contributed by atoms with Gasteiger partial charge in [-0.15, -0.1) is 0 Å². The monoisotopic (exact) mass is 362 g/mol. The van der Waals surface area contributed by atoms with Crippen LogP contribution in [-0.2, 0) is 9.05 Å². The van der Waals surface area contributed by atoms with E-state index in [0.29, 0.717) is 8.95 Å². The lowest BCUT2D eigenvalue weighted by Crippen LogP contribution is -1.96. The van der Waals surface area contributed by atoms with Gasteiger partial charge in [0.1, 0.15) is 10.6 Å². The van der Waals surface area contributed by atoms with E-state index in [0.717, 1.165) is 0 Å². The first-order chi connectivity index (χ1) is 6.36. The van der Waals surface area contributed by atoms with Gasteiger partial charge in [-0.3, -0.25) is 0 Å². The number of halogens is 3. The zero-order valence-corrected chi connectivity index (χ0v) is 11.7. The average Bonchev–Trinajstić information content (AvgIpc) is 2.07. The number of rotatable bonds is 2. The summed E-state index contributed by atoms with van der Waals surface area (Å²) >= 11 is 6.40. The van der Waals surface area contributed by atoms with Crippen LogP contribution in [0.2, 0.25) is 0 Å². The Hall–Kier alpha value is 0.220. The quantitative estimate of drug-likeness (QED) is 0.757. The van der Waals surface area contributed by atoms with E-state index in [4.69, 9.17) is 15.4 Å². The van der Waals surface area contributed by atoms with Crippen LogP contribution in [0.4, 0.5) is 0 Å². The molecule has 1 aromatic carbocycles. The highest BCUT2D eigenvalue weighted by Gasteiger charge is 2.18. The molecule has 0 aliphatic carbocycles. The third-order valence-corrected chi connectivity index (χ3v) is 4.66. The largest absolute Gasteiger partial charge is 0.495 e. The molecule has 1 rings (SSSR count). The van der Waals surface area contributed by atoms with Crippen LogP contribution in [0.3, 0.4) is 0 Å². The summed E-state index contributed by atoms with van der Waals surface area (Å²) in [5.74, 6) is 0.204. The molecule has 0 saturated heterocycles. The minimum absolute atomic E-state index is 0.0586. The second-order valence-corrected chi connectivity index (χ2v) is 6.60. The van der Waals surface area contributed by atoms with Crippen LogP contribution >= 0.6 is 42.5 Å². The van der Waals surface area contributed by atoms with Gasteiger partial charge in [0.2, 0.25) is 0 Å². The standard InChI is InChI=1S/C7H5Br2ClO3S/c1-13-6-2-4(8)5(9)3-7(6)14(10,11)12/h2-3H,1H3. The maximum atomic E-state index is 11.1. The van der Waals surface area contributed by atoms with Crippen LogP contribution in [0.25, 0.3) is 0 Å². The minimum atomic E-state index is -3.79. The van der Waals surface area contributed by atoms with E-state index >= 15 is 0 Å². The molecule has 0 aromatic heterocycles. The van der Waals surface area contributed by atoms with Crippen molar-refractivity contribution in [3.63, 3.8) is 0 Å². The summed E-state index contributed by atoms with van der Waals surface area (Å²) in [6, 6.07) is 2.91. The predicted octanol–water partition coefficient (Wildman–Crippen LogP) is 3.15. The molecule has 0 N–H and O–H groups in total. The summed E-state index contributed by atoms with van der Waals surface area (Å²) in [4.78, 5) is -0.0586. The number of methoxy groups -OCH3 is 1. The van der Waals surface area contributed by atoms with Crippen LogP contribution in [-0.4, -0.2) is 15.5 Å². The summed E-state index contributed by atoms with van der Waals surface area (Å²) in [6.07, 6.45) is 0. The minimum Gasteiger partial charge on any atom is -0.495 e. The van der Waals surface area contributed by atoms with Gasteiger partial charge in [0, 0.05) is 19.6 Å². The molecule has 0 spiro atoms. The first kappa shape index (κ1) is 12.3. The smallest absolute Gasteiger partial charge is 0.265 e. The van der Waals surface area contributed by atoms with Crippen molar-refractivity contribution in [1.82, 2.24) is 0 Å². The van der Waals surface area contributed by atoms with Crippen LogP contribution in [0, 0.1) is 0 Å². The van der Waals surface area contributed by atoms with Crippen molar-refractivity contribution in [2.75, 3.05) is 7.11 Å². The molecule has 0 fully saturated rings. The van der Waals surface area contributed by atoms with Crippen LogP contribution < -0.4 is 4.74 Å². The SMILES string of the molecule is COc1cc(Br)c(Br)cc1S(=O)(=O)Cl. The summed E-state index contributed by atoms with van der Waals surface area (Å²) < 4.78 is 28.4. The van der Waals surface area contributed by atoms with Gasteiger partial charge in [0.15, 0.2) is 0 Å². The van der Waals surface area contributed by atoms with Gasteiger partial charge in [-0.25, -0.2) is 8.42 Å². The molecule has 0 amide bonds. The second-order valence-electron chi connectivity index (χ2n) is 2.36. The lowest BCUT2D eigenvalue weighted by atomic mass is 10.3. The molecule has 3 nitrogen and oxygen atoms in total. The van der Waals surface area contributed by atoms with Crippen molar-refractivity contribution in [3.8, 4) is 5.75 Å². The average molecular weight is 364 g/mol. The number of hydrogen-bond acceptors (Lipinski definition) is 3. The van der Waals surface area contributed by atoms with Crippen molar-refractivity contribution < 1.29 is 13.2 Å². The summed E-state index contributed by atoms with van der Waals surface area (Å²) in [5, 5.41) is 0. The highest BCUT2D eigenvalue weighted by atomic mass is 79.9. The van der Waals surface area contributed by atoms with Crippen LogP contribution in [0.5, 0.6) is 5.75 Å². The molecule has 0 heterocycles. The van der Waals surface area contributed by atoms with Crippen molar-refractivity contribution in [2.45, 2.75) is 4.90 Å². The Morgan fingerprint density at radius 1 is 1.29 bits per heavy atom. The Bertz CT molecular complexity index is 458. The first-order valence-corrected chi connectivity index (χ1v) is 7.23.